The summed E-state index contributed by atoms with van der Waals surface area (Å²) in [5.74, 6) is 0.717. The Balaban J connectivity index is 0.00000625. The third-order valence-electron chi connectivity index (χ3n) is 3.59. The number of ether oxygens (including phenoxy) is 2. The van der Waals surface area contributed by atoms with E-state index in [2.05, 4.69) is 24.5 Å². The number of aliphatic hydroxyl groups is 1. The first-order valence-electron chi connectivity index (χ1n) is 9.21. The maximum absolute atomic E-state index is 11.8. The highest BCUT2D eigenvalue weighted by Crippen LogP contribution is 2.18. The molecule has 1 amide bonds. The first-order valence-corrected chi connectivity index (χ1v) is 9.21. The number of benzene rings is 1. The van der Waals surface area contributed by atoms with E-state index in [1.54, 1.807) is 12.1 Å². The number of hydrogen-bond donors (Lipinski definition) is 3. The molecule has 0 radical (unpaired) electrons. The van der Waals surface area contributed by atoms with Gasteiger partial charge in [0.15, 0.2) is 0 Å². The van der Waals surface area contributed by atoms with Gasteiger partial charge in [0.25, 0.3) is 0 Å². The van der Waals surface area contributed by atoms with E-state index in [0.717, 1.165) is 38.6 Å². The number of rotatable bonds is 13. The Labute approximate surface area is 163 Å². The van der Waals surface area contributed by atoms with Crippen LogP contribution in [0.3, 0.4) is 0 Å². The Hall–Kier alpha value is -1.50. The van der Waals surface area contributed by atoms with Gasteiger partial charge in [0, 0.05) is 18.3 Å². The van der Waals surface area contributed by atoms with E-state index in [1.165, 1.54) is 0 Å². The highest BCUT2D eigenvalue weighted by molar-refractivity contribution is 5.85. The van der Waals surface area contributed by atoms with Gasteiger partial charge >= 0.3 is 6.09 Å². The van der Waals surface area contributed by atoms with Crippen LogP contribution in [0.1, 0.15) is 46.0 Å². The van der Waals surface area contributed by atoms with Gasteiger partial charge in [0.1, 0.15) is 18.5 Å². The van der Waals surface area contributed by atoms with Crippen molar-refractivity contribution in [2.24, 2.45) is 0 Å². The Morgan fingerprint density at radius 1 is 1.19 bits per heavy atom. The molecule has 26 heavy (non-hydrogen) atoms. The van der Waals surface area contributed by atoms with Crippen molar-refractivity contribution in [2.75, 3.05) is 31.6 Å². The second-order valence-corrected chi connectivity index (χ2v) is 6.02. The standard InChI is InChI=1S/C19H32N2O4.ClH/c1-3-5-7-12-24-18-10-8-9-16(13-18)21-19(23)25-15-17(22)14-20-11-6-4-2;/h8-10,13,17,20,22H,3-7,11-12,14-15H2,1-2H3,(H,21,23);1H. The quantitative estimate of drug-likeness (QED) is 0.445. The molecule has 1 rings (SSSR count). The molecule has 1 unspecified atom stereocenters. The highest BCUT2D eigenvalue weighted by atomic mass is 35.5. The van der Waals surface area contributed by atoms with E-state index in [1.807, 2.05) is 12.1 Å². The SMILES string of the molecule is CCCCCOc1cccc(NC(=O)OCC(O)CNCCCC)c1.Cl. The molecule has 0 aromatic heterocycles. The second-order valence-electron chi connectivity index (χ2n) is 6.02. The summed E-state index contributed by atoms with van der Waals surface area (Å²) in [4.78, 5) is 11.8. The summed E-state index contributed by atoms with van der Waals surface area (Å²) in [6.07, 6.45) is 4.16. The van der Waals surface area contributed by atoms with Crippen LogP contribution >= 0.6 is 12.4 Å². The van der Waals surface area contributed by atoms with Crippen molar-refractivity contribution in [1.29, 1.82) is 0 Å². The van der Waals surface area contributed by atoms with Gasteiger partial charge in [-0.1, -0.05) is 39.2 Å². The molecule has 0 spiro atoms. The molecule has 0 saturated carbocycles. The van der Waals surface area contributed by atoms with Gasteiger partial charge < -0.3 is 19.9 Å². The molecule has 0 aliphatic carbocycles. The van der Waals surface area contributed by atoms with Crippen molar-refractivity contribution >= 4 is 24.2 Å². The lowest BCUT2D eigenvalue weighted by Gasteiger charge is -2.13. The molecule has 7 heteroatoms. The second kappa shape index (κ2) is 15.7. The smallest absolute Gasteiger partial charge is 0.411 e. The van der Waals surface area contributed by atoms with Crippen LogP contribution in [-0.4, -0.2) is 43.6 Å². The fourth-order valence-electron chi connectivity index (χ4n) is 2.16. The number of unbranched alkanes of at least 4 members (excludes halogenated alkanes) is 3. The zero-order chi connectivity index (χ0) is 18.3. The van der Waals surface area contributed by atoms with E-state index in [0.29, 0.717) is 24.6 Å². The molecular formula is C19H33ClN2O4. The number of carbonyl (C=O) groups is 1. The maximum atomic E-state index is 11.8. The predicted molar refractivity (Wildman–Crippen MR) is 107 cm³/mol. The Kier molecular flexibility index (Phi) is 14.8. The molecule has 1 aromatic rings. The largest absolute Gasteiger partial charge is 0.494 e. The van der Waals surface area contributed by atoms with E-state index < -0.39 is 12.2 Å². The van der Waals surface area contributed by atoms with Crippen molar-refractivity contribution in [3.8, 4) is 5.75 Å². The van der Waals surface area contributed by atoms with Crippen LogP contribution in [0.25, 0.3) is 0 Å². The molecule has 0 fully saturated rings. The predicted octanol–water partition coefficient (Wildman–Crippen LogP) is 3.98. The van der Waals surface area contributed by atoms with Crippen LogP contribution in [0, 0.1) is 0 Å². The number of hydrogen-bond acceptors (Lipinski definition) is 5. The summed E-state index contributed by atoms with van der Waals surface area (Å²) in [5, 5.41) is 15.5. The van der Waals surface area contributed by atoms with Crippen LogP contribution < -0.4 is 15.4 Å². The molecule has 150 valence electrons. The van der Waals surface area contributed by atoms with Crippen molar-refractivity contribution < 1.29 is 19.4 Å². The number of anilines is 1. The highest BCUT2D eigenvalue weighted by Gasteiger charge is 2.09. The van der Waals surface area contributed by atoms with Gasteiger partial charge in [-0.2, -0.15) is 0 Å². The topological polar surface area (TPSA) is 79.8 Å². The Bertz CT molecular complexity index is 488. The summed E-state index contributed by atoms with van der Waals surface area (Å²) >= 11 is 0. The molecule has 0 aliphatic rings. The molecule has 1 atom stereocenters. The lowest BCUT2D eigenvalue weighted by atomic mass is 10.2. The number of carbonyl (C=O) groups excluding carboxylic acids is 1. The molecule has 0 bridgehead atoms. The van der Waals surface area contributed by atoms with Crippen molar-refractivity contribution in [3.63, 3.8) is 0 Å². The first kappa shape index (κ1) is 24.5. The average molecular weight is 389 g/mol. The van der Waals surface area contributed by atoms with Gasteiger partial charge in [-0.15, -0.1) is 12.4 Å². The summed E-state index contributed by atoms with van der Waals surface area (Å²) in [6.45, 7) is 6.14. The lowest BCUT2D eigenvalue weighted by Crippen LogP contribution is -2.32. The van der Waals surface area contributed by atoms with Crippen LogP contribution in [0.5, 0.6) is 5.75 Å². The van der Waals surface area contributed by atoms with Crippen molar-refractivity contribution in [2.45, 2.75) is 52.1 Å². The van der Waals surface area contributed by atoms with Gasteiger partial charge in [-0.25, -0.2) is 4.79 Å². The minimum atomic E-state index is -0.712. The third kappa shape index (κ3) is 12.0. The van der Waals surface area contributed by atoms with Crippen LogP contribution in [0.15, 0.2) is 24.3 Å². The molecule has 3 N–H and O–H groups in total. The Morgan fingerprint density at radius 2 is 1.96 bits per heavy atom. The minimum Gasteiger partial charge on any atom is -0.494 e. The summed E-state index contributed by atoms with van der Waals surface area (Å²) < 4.78 is 10.7. The maximum Gasteiger partial charge on any atom is 0.411 e. The number of nitrogens with one attached hydrogen (secondary N) is 2. The molecule has 0 aliphatic heterocycles. The van der Waals surface area contributed by atoms with Gasteiger partial charge in [0.2, 0.25) is 0 Å². The monoisotopic (exact) mass is 388 g/mol. The molecule has 0 saturated heterocycles. The lowest BCUT2D eigenvalue weighted by molar-refractivity contribution is 0.0750. The van der Waals surface area contributed by atoms with E-state index in [-0.39, 0.29) is 19.0 Å². The number of aliphatic hydroxyl groups excluding tert-OH is 1. The molecular weight excluding hydrogens is 356 g/mol. The van der Waals surface area contributed by atoms with Gasteiger partial charge in [0.05, 0.1) is 6.61 Å². The summed E-state index contributed by atoms with van der Waals surface area (Å²) in [5.41, 5.74) is 0.605. The van der Waals surface area contributed by atoms with Gasteiger partial charge in [-0.05, 0) is 31.5 Å². The minimum absolute atomic E-state index is 0. The first-order chi connectivity index (χ1) is 12.2. The third-order valence-corrected chi connectivity index (χ3v) is 3.59. The normalized spacial score (nSPS) is 11.3. The van der Waals surface area contributed by atoms with Gasteiger partial charge in [-0.3, -0.25) is 5.32 Å². The zero-order valence-corrected chi connectivity index (χ0v) is 16.6. The summed E-state index contributed by atoms with van der Waals surface area (Å²) in [6, 6.07) is 7.20. The van der Waals surface area contributed by atoms with E-state index >= 15 is 0 Å². The van der Waals surface area contributed by atoms with E-state index in [9.17, 15) is 9.90 Å². The number of halogens is 1. The van der Waals surface area contributed by atoms with Crippen molar-refractivity contribution in [1.82, 2.24) is 5.32 Å². The zero-order valence-electron chi connectivity index (χ0n) is 15.8. The van der Waals surface area contributed by atoms with Crippen LogP contribution in [-0.2, 0) is 4.74 Å². The summed E-state index contributed by atoms with van der Waals surface area (Å²) in [7, 11) is 0. The van der Waals surface area contributed by atoms with Crippen molar-refractivity contribution in [3.05, 3.63) is 24.3 Å². The number of amides is 1. The fourth-order valence-corrected chi connectivity index (χ4v) is 2.16. The van der Waals surface area contributed by atoms with Crippen LogP contribution in [0.2, 0.25) is 0 Å². The average Bonchev–Trinajstić information content (AvgIpc) is 2.61. The van der Waals surface area contributed by atoms with Crippen LogP contribution in [0.4, 0.5) is 10.5 Å². The molecule has 1 aromatic carbocycles. The molecule has 6 nitrogen and oxygen atoms in total. The fraction of sp³-hybridized carbons (Fsp3) is 0.632. The Morgan fingerprint density at radius 3 is 2.69 bits per heavy atom. The van der Waals surface area contributed by atoms with E-state index in [4.69, 9.17) is 9.47 Å². The molecule has 0 heterocycles.